The third kappa shape index (κ3) is 5.25. The molecule has 1 aliphatic rings. The summed E-state index contributed by atoms with van der Waals surface area (Å²) in [6.45, 7) is 4.80. The largest absolute Gasteiger partial charge is 0.345 e. The van der Waals surface area contributed by atoms with E-state index >= 15 is 0 Å². The Labute approximate surface area is 117 Å². The normalized spacial score (nSPS) is 15.2. The van der Waals surface area contributed by atoms with Gasteiger partial charge in [0.15, 0.2) is 0 Å². The molecule has 0 unspecified atom stereocenters. The Kier molecular flexibility index (Phi) is 5.48. The SMILES string of the molecule is CC(=O)N[C@H](C(=O)NNC(=O)C(=O)NC1CC1)C(C)C. The second-order valence-electron chi connectivity index (χ2n) is 5.11. The van der Waals surface area contributed by atoms with Crippen LogP contribution in [0, 0.1) is 5.92 Å². The van der Waals surface area contributed by atoms with Gasteiger partial charge >= 0.3 is 11.8 Å². The molecule has 0 aromatic heterocycles. The molecule has 1 fully saturated rings. The lowest BCUT2D eigenvalue weighted by Gasteiger charge is -2.20. The lowest BCUT2D eigenvalue weighted by Crippen LogP contribution is -2.56. The number of nitrogens with one attached hydrogen (secondary N) is 4. The highest BCUT2D eigenvalue weighted by Gasteiger charge is 2.27. The molecule has 4 N–H and O–H groups in total. The van der Waals surface area contributed by atoms with Crippen molar-refractivity contribution in [1.82, 2.24) is 21.5 Å². The Balaban J connectivity index is 2.40. The summed E-state index contributed by atoms with van der Waals surface area (Å²) in [5, 5.41) is 4.96. The lowest BCUT2D eigenvalue weighted by atomic mass is 10.0. The predicted molar refractivity (Wildman–Crippen MR) is 69.9 cm³/mol. The molecule has 0 spiro atoms. The van der Waals surface area contributed by atoms with Crippen molar-refractivity contribution in [1.29, 1.82) is 0 Å². The van der Waals surface area contributed by atoms with Crippen LogP contribution in [0.2, 0.25) is 0 Å². The minimum atomic E-state index is -0.935. The Bertz CT molecular complexity index is 418. The zero-order valence-electron chi connectivity index (χ0n) is 11.8. The first kappa shape index (κ1) is 15.9. The number of hydrazine groups is 1. The van der Waals surface area contributed by atoms with Gasteiger partial charge in [-0.15, -0.1) is 0 Å². The minimum Gasteiger partial charge on any atom is -0.345 e. The number of amides is 4. The lowest BCUT2D eigenvalue weighted by molar-refractivity contribution is -0.141. The highest BCUT2D eigenvalue weighted by atomic mass is 16.2. The van der Waals surface area contributed by atoms with Crippen LogP contribution in [0.4, 0.5) is 0 Å². The summed E-state index contributed by atoms with van der Waals surface area (Å²) in [5.74, 6) is -2.81. The highest BCUT2D eigenvalue weighted by molar-refractivity contribution is 6.35. The maximum Gasteiger partial charge on any atom is 0.327 e. The molecule has 1 saturated carbocycles. The monoisotopic (exact) mass is 284 g/mol. The summed E-state index contributed by atoms with van der Waals surface area (Å²) in [6.07, 6.45) is 1.73. The molecule has 0 saturated heterocycles. The molecule has 4 amide bonds. The van der Waals surface area contributed by atoms with Crippen LogP contribution < -0.4 is 21.5 Å². The standard InChI is InChI=1S/C12H20N4O4/c1-6(2)9(13-7(3)17)10(18)15-16-12(20)11(19)14-8-4-5-8/h6,8-9H,4-5H2,1-3H3,(H,13,17)(H,14,19)(H,15,18)(H,16,20)/t9-/m0/s1. The van der Waals surface area contributed by atoms with Crippen LogP contribution in [0.5, 0.6) is 0 Å². The second-order valence-corrected chi connectivity index (χ2v) is 5.11. The molecule has 8 heteroatoms. The van der Waals surface area contributed by atoms with Crippen molar-refractivity contribution in [2.45, 2.75) is 45.7 Å². The van der Waals surface area contributed by atoms with E-state index < -0.39 is 23.8 Å². The quantitative estimate of drug-likeness (QED) is 0.374. The maximum atomic E-state index is 11.8. The van der Waals surface area contributed by atoms with Crippen molar-refractivity contribution < 1.29 is 19.2 Å². The molecular weight excluding hydrogens is 264 g/mol. The van der Waals surface area contributed by atoms with Crippen molar-refractivity contribution in [3.05, 3.63) is 0 Å². The molecule has 20 heavy (non-hydrogen) atoms. The van der Waals surface area contributed by atoms with Crippen LogP contribution in [-0.2, 0) is 19.2 Å². The molecule has 0 bridgehead atoms. The summed E-state index contributed by atoms with van der Waals surface area (Å²) < 4.78 is 0. The van der Waals surface area contributed by atoms with E-state index in [9.17, 15) is 19.2 Å². The third-order valence-corrected chi connectivity index (χ3v) is 2.73. The van der Waals surface area contributed by atoms with E-state index in [2.05, 4.69) is 16.1 Å². The van der Waals surface area contributed by atoms with E-state index in [1.54, 1.807) is 13.8 Å². The van der Waals surface area contributed by atoms with Crippen molar-refractivity contribution in [3.63, 3.8) is 0 Å². The fraction of sp³-hybridized carbons (Fsp3) is 0.667. The average Bonchev–Trinajstić information content (AvgIpc) is 3.15. The Morgan fingerprint density at radius 1 is 1.00 bits per heavy atom. The topological polar surface area (TPSA) is 116 Å². The van der Waals surface area contributed by atoms with Gasteiger partial charge in [-0.05, 0) is 18.8 Å². The molecular formula is C12H20N4O4. The minimum absolute atomic E-state index is 0.0618. The van der Waals surface area contributed by atoms with Gasteiger partial charge in [0.2, 0.25) is 5.91 Å². The van der Waals surface area contributed by atoms with Gasteiger partial charge < -0.3 is 10.6 Å². The van der Waals surface area contributed by atoms with E-state index in [-0.39, 0.29) is 17.9 Å². The van der Waals surface area contributed by atoms with Crippen molar-refractivity contribution in [2.75, 3.05) is 0 Å². The van der Waals surface area contributed by atoms with Gasteiger partial charge in [0, 0.05) is 13.0 Å². The first-order chi connectivity index (χ1) is 9.31. The number of carbonyl (C=O) groups excluding carboxylic acids is 4. The van der Waals surface area contributed by atoms with Crippen LogP contribution in [0.3, 0.4) is 0 Å². The number of hydrogen-bond acceptors (Lipinski definition) is 4. The second kappa shape index (κ2) is 6.88. The van der Waals surface area contributed by atoms with Gasteiger partial charge in [-0.2, -0.15) is 0 Å². The highest BCUT2D eigenvalue weighted by Crippen LogP contribution is 2.18. The number of rotatable bonds is 4. The molecule has 8 nitrogen and oxygen atoms in total. The summed E-state index contributed by atoms with van der Waals surface area (Å²) in [6, 6.07) is -0.717. The molecule has 1 atom stereocenters. The molecule has 0 radical (unpaired) electrons. The van der Waals surface area contributed by atoms with Crippen LogP contribution in [0.1, 0.15) is 33.6 Å². The maximum absolute atomic E-state index is 11.8. The van der Waals surface area contributed by atoms with Gasteiger partial charge in [0.05, 0.1) is 0 Å². The van der Waals surface area contributed by atoms with Crippen LogP contribution in [0.15, 0.2) is 0 Å². The molecule has 112 valence electrons. The van der Waals surface area contributed by atoms with Crippen molar-refractivity contribution >= 4 is 23.6 Å². The smallest absolute Gasteiger partial charge is 0.327 e. The van der Waals surface area contributed by atoms with Crippen LogP contribution in [-0.4, -0.2) is 35.7 Å². The van der Waals surface area contributed by atoms with Gasteiger partial charge in [-0.1, -0.05) is 13.8 Å². The fourth-order valence-corrected chi connectivity index (χ4v) is 1.49. The van der Waals surface area contributed by atoms with E-state index in [0.717, 1.165) is 12.8 Å². The van der Waals surface area contributed by atoms with Crippen molar-refractivity contribution in [2.24, 2.45) is 5.92 Å². The average molecular weight is 284 g/mol. The molecule has 1 aliphatic carbocycles. The van der Waals surface area contributed by atoms with Crippen LogP contribution >= 0.6 is 0 Å². The number of hydrogen-bond donors (Lipinski definition) is 4. The van der Waals surface area contributed by atoms with E-state index in [1.165, 1.54) is 6.92 Å². The van der Waals surface area contributed by atoms with Gasteiger partial charge in [-0.3, -0.25) is 30.0 Å². The predicted octanol–water partition coefficient (Wildman–Crippen LogP) is -1.43. The molecule has 0 aromatic carbocycles. The summed E-state index contributed by atoms with van der Waals surface area (Å²) in [7, 11) is 0. The van der Waals surface area contributed by atoms with E-state index in [0.29, 0.717) is 0 Å². The molecule has 0 aliphatic heterocycles. The number of carbonyl (C=O) groups is 4. The Morgan fingerprint density at radius 2 is 1.60 bits per heavy atom. The van der Waals surface area contributed by atoms with Crippen LogP contribution in [0.25, 0.3) is 0 Å². The summed E-state index contributed by atoms with van der Waals surface area (Å²) >= 11 is 0. The van der Waals surface area contributed by atoms with E-state index in [4.69, 9.17) is 0 Å². The zero-order valence-corrected chi connectivity index (χ0v) is 11.8. The fourth-order valence-electron chi connectivity index (χ4n) is 1.49. The Morgan fingerprint density at radius 3 is 2.05 bits per heavy atom. The Hall–Kier alpha value is -2.12. The summed E-state index contributed by atoms with van der Waals surface area (Å²) in [5.41, 5.74) is 4.15. The third-order valence-electron chi connectivity index (χ3n) is 2.73. The first-order valence-electron chi connectivity index (χ1n) is 6.49. The van der Waals surface area contributed by atoms with Gasteiger partial charge in [0.1, 0.15) is 6.04 Å². The van der Waals surface area contributed by atoms with Gasteiger partial charge in [-0.25, -0.2) is 0 Å². The molecule has 0 heterocycles. The molecule has 0 aromatic rings. The first-order valence-corrected chi connectivity index (χ1v) is 6.49. The van der Waals surface area contributed by atoms with Gasteiger partial charge in [0.25, 0.3) is 5.91 Å². The zero-order chi connectivity index (χ0) is 15.3. The van der Waals surface area contributed by atoms with E-state index in [1.807, 2.05) is 5.43 Å². The van der Waals surface area contributed by atoms with Crippen molar-refractivity contribution in [3.8, 4) is 0 Å². The summed E-state index contributed by atoms with van der Waals surface area (Å²) in [4.78, 5) is 45.5. The molecule has 1 rings (SSSR count).